The van der Waals surface area contributed by atoms with Gasteiger partial charge in [-0.1, -0.05) is 26.0 Å². The van der Waals surface area contributed by atoms with Crippen LogP contribution in [0.4, 0.5) is 0 Å². The summed E-state index contributed by atoms with van der Waals surface area (Å²) in [6, 6.07) is 5.81. The number of aryl methyl sites for hydroxylation is 1. The summed E-state index contributed by atoms with van der Waals surface area (Å²) in [7, 11) is 0. The molecule has 14 heavy (non-hydrogen) atoms. The van der Waals surface area contributed by atoms with Gasteiger partial charge < -0.3 is 10.8 Å². The van der Waals surface area contributed by atoms with Crippen molar-refractivity contribution in [3.05, 3.63) is 29.3 Å². The lowest BCUT2D eigenvalue weighted by molar-refractivity contribution is 0.460. The van der Waals surface area contributed by atoms with E-state index >= 15 is 0 Å². The summed E-state index contributed by atoms with van der Waals surface area (Å²) in [6.07, 6.45) is 1.86. The van der Waals surface area contributed by atoms with Crippen molar-refractivity contribution in [2.24, 2.45) is 11.7 Å². The van der Waals surface area contributed by atoms with Crippen LogP contribution >= 0.6 is 0 Å². The van der Waals surface area contributed by atoms with Crippen molar-refractivity contribution in [1.82, 2.24) is 0 Å². The molecule has 2 heteroatoms. The molecule has 1 rings (SSSR count). The Morgan fingerprint density at radius 3 is 2.71 bits per heavy atom. The zero-order valence-corrected chi connectivity index (χ0v) is 8.96. The Kier molecular flexibility index (Phi) is 3.96. The molecule has 0 amide bonds. The third-order valence-electron chi connectivity index (χ3n) is 2.52. The van der Waals surface area contributed by atoms with E-state index in [1.807, 2.05) is 6.07 Å². The van der Waals surface area contributed by atoms with Crippen LogP contribution in [0.5, 0.6) is 5.75 Å². The fraction of sp³-hybridized carbons (Fsp3) is 0.500. The second-order valence-corrected chi connectivity index (χ2v) is 3.86. The fourth-order valence-corrected chi connectivity index (χ4v) is 1.48. The van der Waals surface area contributed by atoms with E-state index in [0.29, 0.717) is 18.2 Å². The van der Waals surface area contributed by atoms with Crippen LogP contribution in [0.15, 0.2) is 18.2 Å². The predicted octanol–water partition coefficient (Wildman–Crippen LogP) is 2.09. The van der Waals surface area contributed by atoms with Gasteiger partial charge in [-0.2, -0.15) is 0 Å². The zero-order valence-electron chi connectivity index (χ0n) is 8.96. The molecule has 0 fully saturated rings. The third-order valence-corrected chi connectivity index (χ3v) is 2.52. The van der Waals surface area contributed by atoms with Crippen molar-refractivity contribution in [1.29, 1.82) is 0 Å². The Hall–Kier alpha value is -1.02. The molecule has 0 radical (unpaired) electrons. The molecule has 1 aromatic carbocycles. The van der Waals surface area contributed by atoms with Crippen molar-refractivity contribution < 1.29 is 5.11 Å². The van der Waals surface area contributed by atoms with Crippen LogP contribution in [-0.2, 0) is 12.8 Å². The van der Waals surface area contributed by atoms with E-state index in [0.717, 1.165) is 18.4 Å². The first kappa shape index (κ1) is 11.1. The summed E-state index contributed by atoms with van der Waals surface area (Å²) in [5.74, 6) is 0.815. The molecule has 1 unspecified atom stereocenters. The molecule has 0 saturated carbocycles. The molecule has 0 aromatic heterocycles. The Bertz CT molecular complexity index is 296. The molecule has 78 valence electrons. The molecule has 0 aliphatic rings. The monoisotopic (exact) mass is 193 g/mol. The van der Waals surface area contributed by atoms with E-state index in [4.69, 9.17) is 5.73 Å². The smallest absolute Gasteiger partial charge is 0.118 e. The summed E-state index contributed by atoms with van der Waals surface area (Å²) < 4.78 is 0. The SMILES string of the molecule is CCc1ccc(O)c(CC(C)CN)c1. The van der Waals surface area contributed by atoms with E-state index in [9.17, 15) is 5.11 Å². The van der Waals surface area contributed by atoms with Crippen molar-refractivity contribution in [3.63, 3.8) is 0 Å². The normalized spacial score (nSPS) is 12.8. The summed E-state index contributed by atoms with van der Waals surface area (Å²) in [5.41, 5.74) is 7.84. The molecule has 0 aliphatic carbocycles. The van der Waals surface area contributed by atoms with Gasteiger partial charge in [0.05, 0.1) is 0 Å². The Morgan fingerprint density at radius 2 is 2.14 bits per heavy atom. The van der Waals surface area contributed by atoms with Gasteiger partial charge in [-0.25, -0.2) is 0 Å². The van der Waals surface area contributed by atoms with Gasteiger partial charge in [-0.15, -0.1) is 0 Å². The number of phenolic OH excluding ortho intramolecular Hbond substituents is 1. The number of benzene rings is 1. The molecule has 0 heterocycles. The first-order chi connectivity index (χ1) is 6.67. The van der Waals surface area contributed by atoms with E-state index < -0.39 is 0 Å². The maximum absolute atomic E-state index is 9.63. The second-order valence-electron chi connectivity index (χ2n) is 3.86. The molecule has 3 N–H and O–H groups in total. The van der Waals surface area contributed by atoms with Crippen molar-refractivity contribution in [3.8, 4) is 5.75 Å². The first-order valence-electron chi connectivity index (χ1n) is 5.18. The van der Waals surface area contributed by atoms with Gasteiger partial charge in [0.25, 0.3) is 0 Å². The number of phenols is 1. The topological polar surface area (TPSA) is 46.2 Å². The highest BCUT2D eigenvalue weighted by atomic mass is 16.3. The van der Waals surface area contributed by atoms with Crippen LogP contribution in [0.1, 0.15) is 25.0 Å². The van der Waals surface area contributed by atoms with Crippen LogP contribution in [0, 0.1) is 5.92 Å². The van der Waals surface area contributed by atoms with E-state index in [-0.39, 0.29) is 0 Å². The van der Waals surface area contributed by atoms with Crippen LogP contribution < -0.4 is 5.73 Å². The lowest BCUT2D eigenvalue weighted by Crippen LogP contribution is -2.13. The minimum absolute atomic E-state index is 0.391. The molecular weight excluding hydrogens is 174 g/mol. The van der Waals surface area contributed by atoms with Crippen LogP contribution in [0.25, 0.3) is 0 Å². The highest BCUT2D eigenvalue weighted by Gasteiger charge is 2.06. The quantitative estimate of drug-likeness (QED) is 0.769. The van der Waals surface area contributed by atoms with Crippen molar-refractivity contribution >= 4 is 0 Å². The van der Waals surface area contributed by atoms with E-state index in [2.05, 4.69) is 19.9 Å². The van der Waals surface area contributed by atoms with Gasteiger partial charge >= 0.3 is 0 Å². The summed E-state index contributed by atoms with van der Waals surface area (Å²) in [5, 5.41) is 9.63. The molecule has 2 nitrogen and oxygen atoms in total. The minimum atomic E-state index is 0.391. The van der Waals surface area contributed by atoms with Gasteiger partial charge in [0.2, 0.25) is 0 Å². The maximum atomic E-state index is 9.63. The Labute approximate surface area is 85.8 Å². The lowest BCUT2D eigenvalue weighted by atomic mass is 9.98. The van der Waals surface area contributed by atoms with Gasteiger partial charge in [0.1, 0.15) is 5.75 Å². The van der Waals surface area contributed by atoms with Gasteiger partial charge in [0.15, 0.2) is 0 Å². The molecule has 0 bridgehead atoms. The average Bonchev–Trinajstić information content (AvgIpc) is 2.21. The van der Waals surface area contributed by atoms with Gasteiger partial charge in [-0.3, -0.25) is 0 Å². The van der Waals surface area contributed by atoms with Gasteiger partial charge in [0, 0.05) is 0 Å². The number of aromatic hydroxyl groups is 1. The number of hydrogen-bond donors (Lipinski definition) is 2. The molecule has 0 aliphatic heterocycles. The third kappa shape index (κ3) is 2.74. The summed E-state index contributed by atoms with van der Waals surface area (Å²) in [4.78, 5) is 0. The van der Waals surface area contributed by atoms with Crippen molar-refractivity contribution in [2.75, 3.05) is 6.54 Å². The predicted molar refractivity (Wildman–Crippen MR) is 59.4 cm³/mol. The summed E-state index contributed by atoms with van der Waals surface area (Å²) in [6.45, 7) is 4.87. The first-order valence-corrected chi connectivity index (χ1v) is 5.18. The molecule has 1 aromatic rings. The Morgan fingerprint density at radius 1 is 1.43 bits per heavy atom. The van der Waals surface area contributed by atoms with Crippen LogP contribution in [0.3, 0.4) is 0 Å². The highest BCUT2D eigenvalue weighted by Crippen LogP contribution is 2.21. The number of nitrogens with two attached hydrogens (primary N) is 1. The molecule has 0 spiro atoms. The maximum Gasteiger partial charge on any atom is 0.118 e. The standard InChI is InChI=1S/C12H19NO/c1-3-10-4-5-12(14)11(7-10)6-9(2)8-13/h4-5,7,9,14H,3,6,8,13H2,1-2H3. The summed E-state index contributed by atoms with van der Waals surface area (Å²) >= 11 is 0. The average molecular weight is 193 g/mol. The van der Waals surface area contributed by atoms with E-state index in [1.165, 1.54) is 5.56 Å². The van der Waals surface area contributed by atoms with Crippen molar-refractivity contribution in [2.45, 2.75) is 26.7 Å². The van der Waals surface area contributed by atoms with Gasteiger partial charge in [-0.05, 0) is 42.5 Å². The fourth-order valence-electron chi connectivity index (χ4n) is 1.48. The van der Waals surface area contributed by atoms with E-state index in [1.54, 1.807) is 6.07 Å². The molecule has 1 atom stereocenters. The zero-order chi connectivity index (χ0) is 10.6. The second kappa shape index (κ2) is 5.01. The number of rotatable bonds is 4. The lowest BCUT2D eigenvalue weighted by Gasteiger charge is -2.11. The minimum Gasteiger partial charge on any atom is -0.508 e. The van der Waals surface area contributed by atoms with Crippen LogP contribution in [-0.4, -0.2) is 11.7 Å². The molecule has 0 saturated heterocycles. The highest BCUT2D eigenvalue weighted by molar-refractivity contribution is 5.36. The molecular formula is C12H19NO. The number of hydrogen-bond acceptors (Lipinski definition) is 2. The Balaban J connectivity index is 2.83. The largest absolute Gasteiger partial charge is 0.508 e. The van der Waals surface area contributed by atoms with Crippen LogP contribution in [0.2, 0.25) is 0 Å².